The third-order valence-corrected chi connectivity index (χ3v) is 4.45. The van der Waals surface area contributed by atoms with E-state index in [9.17, 15) is 22.4 Å². The first-order valence-corrected chi connectivity index (χ1v) is 8.79. The number of fused-ring (bicyclic) bond motifs is 1. The number of carbonyl (C=O) groups is 1. The first kappa shape index (κ1) is 19.7. The minimum absolute atomic E-state index is 0.0631. The van der Waals surface area contributed by atoms with E-state index in [0.717, 1.165) is 23.8 Å². The Labute approximate surface area is 168 Å². The molecule has 3 aromatic rings. The molecule has 0 radical (unpaired) electrons. The largest absolute Gasteiger partial charge is 0.479 e. The summed E-state index contributed by atoms with van der Waals surface area (Å²) in [5.41, 5.74) is 1.14. The van der Waals surface area contributed by atoms with Gasteiger partial charge in [-0.05, 0) is 54.4 Å². The SMILES string of the molecule is Cc1cc2c(cc1-c1ccc(NC(=O)c3c(F)cccc3F)nc1)OC(F)(F)CO2. The molecule has 2 aromatic carbocycles. The molecule has 1 aliphatic heterocycles. The predicted octanol–water partition coefficient (Wildman–Crippen LogP) is 4.95. The summed E-state index contributed by atoms with van der Waals surface area (Å²) in [4.78, 5) is 16.2. The lowest BCUT2D eigenvalue weighted by atomic mass is 10.0. The van der Waals surface area contributed by atoms with Crippen LogP contribution in [0, 0.1) is 18.6 Å². The molecule has 0 aliphatic carbocycles. The number of aryl methyl sites for hydroxylation is 1. The van der Waals surface area contributed by atoms with Crippen LogP contribution in [0.2, 0.25) is 0 Å². The zero-order valence-corrected chi connectivity index (χ0v) is 15.5. The number of carbonyl (C=O) groups excluding carboxylic acids is 1. The fourth-order valence-corrected chi connectivity index (χ4v) is 3.04. The number of anilines is 1. The van der Waals surface area contributed by atoms with E-state index in [2.05, 4.69) is 15.0 Å². The number of rotatable bonds is 3. The lowest BCUT2D eigenvalue weighted by molar-refractivity contribution is -0.208. The minimum atomic E-state index is -3.42. The molecule has 0 unspecified atom stereocenters. The van der Waals surface area contributed by atoms with Crippen molar-refractivity contribution in [1.29, 1.82) is 0 Å². The van der Waals surface area contributed by atoms with Crippen LogP contribution in [0.25, 0.3) is 11.1 Å². The van der Waals surface area contributed by atoms with Crippen LogP contribution in [0.3, 0.4) is 0 Å². The molecule has 0 bridgehead atoms. The van der Waals surface area contributed by atoms with Crippen LogP contribution in [0.1, 0.15) is 15.9 Å². The first-order valence-electron chi connectivity index (χ1n) is 8.79. The van der Waals surface area contributed by atoms with Gasteiger partial charge in [0.05, 0.1) is 0 Å². The molecule has 0 saturated heterocycles. The van der Waals surface area contributed by atoms with E-state index < -0.39 is 35.8 Å². The molecule has 1 aliphatic rings. The Hall–Kier alpha value is -3.62. The molecule has 2 heterocycles. The van der Waals surface area contributed by atoms with Crippen molar-refractivity contribution < 1.29 is 31.8 Å². The highest BCUT2D eigenvalue weighted by Crippen LogP contribution is 2.41. The average Bonchev–Trinajstić information content (AvgIpc) is 2.68. The van der Waals surface area contributed by atoms with E-state index in [0.29, 0.717) is 11.1 Å². The second-order valence-electron chi connectivity index (χ2n) is 6.62. The highest BCUT2D eigenvalue weighted by atomic mass is 19.3. The van der Waals surface area contributed by atoms with E-state index in [-0.39, 0.29) is 17.3 Å². The molecule has 0 fully saturated rings. The Kier molecular flexibility index (Phi) is 4.81. The van der Waals surface area contributed by atoms with Gasteiger partial charge in [-0.25, -0.2) is 13.8 Å². The molecule has 154 valence electrons. The topological polar surface area (TPSA) is 60.5 Å². The second-order valence-corrected chi connectivity index (χ2v) is 6.62. The number of amides is 1. The maximum atomic E-state index is 13.7. The average molecular weight is 418 g/mol. The van der Waals surface area contributed by atoms with Crippen molar-refractivity contribution in [2.24, 2.45) is 0 Å². The monoisotopic (exact) mass is 418 g/mol. The fraction of sp³-hybridized carbons (Fsp3) is 0.143. The van der Waals surface area contributed by atoms with E-state index >= 15 is 0 Å². The van der Waals surface area contributed by atoms with Gasteiger partial charge in [0.15, 0.2) is 18.1 Å². The van der Waals surface area contributed by atoms with Crippen LogP contribution in [-0.2, 0) is 0 Å². The van der Waals surface area contributed by atoms with Gasteiger partial charge in [0.2, 0.25) is 0 Å². The van der Waals surface area contributed by atoms with Crippen LogP contribution in [0.5, 0.6) is 11.5 Å². The smallest absolute Gasteiger partial charge is 0.433 e. The predicted molar refractivity (Wildman–Crippen MR) is 99.8 cm³/mol. The Morgan fingerprint density at radius 2 is 1.83 bits per heavy atom. The van der Waals surface area contributed by atoms with Gasteiger partial charge < -0.3 is 14.8 Å². The summed E-state index contributed by atoms with van der Waals surface area (Å²) in [5, 5.41) is 2.32. The van der Waals surface area contributed by atoms with Crippen molar-refractivity contribution in [2.75, 3.05) is 11.9 Å². The van der Waals surface area contributed by atoms with Gasteiger partial charge in [-0.3, -0.25) is 4.79 Å². The Bertz CT molecular complexity index is 1110. The number of aromatic nitrogens is 1. The molecule has 1 N–H and O–H groups in total. The molecule has 1 aromatic heterocycles. The normalized spacial score (nSPS) is 14.3. The van der Waals surface area contributed by atoms with E-state index in [1.165, 1.54) is 18.3 Å². The van der Waals surface area contributed by atoms with Gasteiger partial charge in [0.1, 0.15) is 23.0 Å². The molecule has 30 heavy (non-hydrogen) atoms. The summed E-state index contributed by atoms with van der Waals surface area (Å²) in [6, 6.07) is 9.11. The summed E-state index contributed by atoms with van der Waals surface area (Å²) in [6.45, 7) is 0.902. The number of halogens is 4. The Balaban J connectivity index is 1.58. The number of nitrogens with one attached hydrogen (secondary N) is 1. The highest BCUT2D eigenvalue weighted by Gasteiger charge is 2.38. The minimum Gasteiger partial charge on any atom is -0.479 e. The fourth-order valence-electron chi connectivity index (χ4n) is 3.04. The van der Waals surface area contributed by atoms with Crippen LogP contribution in [0.15, 0.2) is 48.7 Å². The van der Waals surface area contributed by atoms with Crippen LogP contribution in [-0.4, -0.2) is 23.6 Å². The number of hydrogen-bond acceptors (Lipinski definition) is 4. The Morgan fingerprint density at radius 1 is 1.10 bits per heavy atom. The summed E-state index contributed by atoms with van der Waals surface area (Å²) < 4.78 is 64.0. The molecular weight excluding hydrogens is 404 g/mol. The van der Waals surface area contributed by atoms with Gasteiger partial charge in [-0.2, -0.15) is 8.78 Å². The van der Waals surface area contributed by atoms with Crippen molar-refractivity contribution in [2.45, 2.75) is 13.0 Å². The maximum Gasteiger partial charge on any atom is 0.433 e. The summed E-state index contributed by atoms with van der Waals surface area (Å²) in [7, 11) is 0. The summed E-state index contributed by atoms with van der Waals surface area (Å²) >= 11 is 0. The zero-order chi connectivity index (χ0) is 21.5. The highest BCUT2D eigenvalue weighted by molar-refractivity contribution is 6.04. The molecule has 0 spiro atoms. The number of hydrogen-bond donors (Lipinski definition) is 1. The van der Waals surface area contributed by atoms with Crippen LogP contribution in [0.4, 0.5) is 23.4 Å². The lowest BCUT2D eigenvalue weighted by Crippen LogP contribution is -2.36. The third-order valence-electron chi connectivity index (χ3n) is 4.45. The van der Waals surface area contributed by atoms with Gasteiger partial charge in [-0.15, -0.1) is 0 Å². The van der Waals surface area contributed by atoms with Crippen molar-refractivity contribution in [3.05, 3.63) is 71.4 Å². The van der Waals surface area contributed by atoms with Crippen molar-refractivity contribution in [3.8, 4) is 22.6 Å². The van der Waals surface area contributed by atoms with E-state index in [1.807, 2.05) is 0 Å². The van der Waals surface area contributed by atoms with Crippen molar-refractivity contribution in [3.63, 3.8) is 0 Å². The number of nitrogens with zero attached hydrogens (tertiary/aromatic N) is 1. The molecule has 0 atom stereocenters. The first-order chi connectivity index (χ1) is 14.2. The molecule has 1 amide bonds. The standard InChI is InChI=1S/C21H14F4N2O3/c1-11-7-16-17(30-21(24,25)10-29-16)8-13(11)12-5-6-18(26-9-12)27-20(28)19-14(22)3-2-4-15(19)23/h2-9H,10H2,1H3,(H,26,27,28). The van der Waals surface area contributed by atoms with Crippen LogP contribution >= 0.6 is 0 Å². The lowest BCUT2D eigenvalue weighted by Gasteiger charge is -2.26. The number of ether oxygens (including phenoxy) is 2. The second kappa shape index (κ2) is 7.33. The molecule has 0 saturated carbocycles. The number of pyridine rings is 1. The van der Waals surface area contributed by atoms with E-state index in [4.69, 9.17) is 4.74 Å². The van der Waals surface area contributed by atoms with Gasteiger partial charge in [0.25, 0.3) is 5.91 Å². The van der Waals surface area contributed by atoms with Gasteiger partial charge >= 0.3 is 6.11 Å². The molecule has 9 heteroatoms. The molecule has 5 nitrogen and oxygen atoms in total. The van der Waals surface area contributed by atoms with Crippen LogP contribution < -0.4 is 14.8 Å². The van der Waals surface area contributed by atoms with Gasteiger partial charge in [0, 0.05) is 11.8 Å². The Morgan fingerprint density at radius 3 is 2.50 bits per heavy atom. The van der Waals surface area contributed by atoms with Crippen molar-refractivity contribution in [1.82, 2.24) is 4.98 Å². The zero-order valence-electron chi connectivity index (χ0n) is 15.5. The number of alkyl halides is 2. The molecular formula is C21H14F4N2O3. The summed E-state index contributed by atoms with van der Waals surface area (Å²) in [6.07, 6.45) is -2.03. The van der Waals surface area contributed by atoms with Gasteiger partial charge in [-0.1, -0.05) is 6.07 Å². The van der Waals surface area contributed by atoms with E-state index in [1.54, 1.807) is 19.1 Å². The van der Waals surface area contributed by atoms with Crippen molar-refractivity contribution >= 4 is 11.7 Å². The maximum absolute atomic E-state index is 13.7. The number of benzene rings is 2. The third kappa shape index (κ3) is 3.78. The molecule has 4 rings (SSSR count). The quantitative estimate of drug-likeness (QED) is 0.612. The summed E-state index contributed by atoms with van der Waals surface area (Å²) in [5.74, 6) is -2.79.